The second-order valence-corrected chi connectivity index (χ2v) is 6.60. The van der Waals surface area contributed by atoms with Gasteiger partial charge in [-0.2, -0.15) is 13.2 Å². The number of carboxylic acids is 1. The van der Waals surface area contributed by atoms with Crippen LogP contribution in [0.25, 0.3) is 0 Å². The van der Waals surface area contributed by atoms with Gasteiger partial charge in [-0.05, 0) is 43.5 Å². The van der Waals surface area contributed by atoms with Gasteiger partial charge in [-0.25, -0.2) is 4.79 Å². The first kappa shape index (κ1) is 23.3. The lowest BCUT2D eigenvalue weighted by Gasteiger charge is -2.26. The molecular weight excluding hydrogens is 379 g/mol. The fourth-order valence-electron chi connectivity index (χ4n) is 2.49. The van der Waals surface area contributed by atoms with E-state index in [4.69, 9.17) is 5.11 Å². The molecule has 0 radical (unpaired) electrons. The number of rotatable bonds is 8. The number of aliphatic carboxylic acids is 1. The zero-order chi connectivity index (χ0) is 21.5. The molecule has 0 bridgehead atoms. The maximum atomic E-state index is 12.6. The third-order valence-electron chi connectivity index (χ3n) is 3.80. The Balaban J connectivity index is 2.84. The Bertz CT molecular complexity index is 690. The Kier molecular flexibility index (Phi) is 8.27. The van der Waals surface area contributed by atoms with Crippen molar-refractivity contribution in [2.24, 2.45) is 5.92 Å². The maximum absolute atomic E-state index is 12.6. The number of benzene rings is 1. The van der Waals surface area contributed by atoms with Crippen LogP contribution >= 0.6 is 0 Å². The summed E-state index contributed by atoms with van der Waals surface area (Å²) >= 11 is 0. The summed E-state index contributed by atoms with van der Waals surface area (Å²) in [6, 6.07) is 2.13. The number of amides is 3. The van der Waals surface area contributed by atoms with E-state index in [2.05, 4.69) is 10.6 Å². The number of anilines is 1. The standard InChI is InChI=1S/C18H24F3N3O4/c1-4-24(10-15(25)26)16(27)14(9-11(2)3)23-17(28)22-13-7-5-12(6-8-13)18(19,20)21/h5-8,11,14H,4,9-10H2,1-3H3,(H,25,26)(H2,22,23,28). The third-order valence-corrected chi connectivity index (χ3v) is 3.80. The Morgan fingerprint density at radius 1 is 1.14 bits per heavy atom. The first-order valence-corrected chi connectivity index (χ1v) is 8.69. The van der Waals surface area contributed by atoms with E-state index in [0.29, 0.717) is 0 Å². The lowest BCUT2D eigenvalue weighted by Crippen LogP contribution is -2.51. The highest BCUT2D eigenvalue weighted by Gasteiger charge is 2.30. The molecule has 0 aliphatic rings. The molecule has 7 nitrogen and oxygen atoms in total. The van der Waals surface area contributed by atoms with Crippen LogP contribution in [0.3, 0.4) is 0 Å². The molecule has 1 aromatic carbocycles. The van der Waals surface area contributed by atoms with Gasteiger partial charge < -0.3 is 20.6 Å². The van der Waals surface area contributed by atoms with Gasteiger partial charge in [-0.15, -0.1) is 0 Å². The van der Waals surface area contributed by atoms with Crippen LogP contribution in [0.15, 0.2) is 24.3 Å². The van der Waals surface area contributed by atoms with E-state index >= 15 is 0 Å². The number of carboxylic acid groups (broad SMARTS) is 1. The molecule has 0 heterocycles. The van der Waals surface area contributed by atoms with Gasteiger partial charge >= 0.3 is 18.2 Å². The molecule has 1 aromatic rings. The van der Waals surface area contributed by atoms with Crippen molar-refractivity contribution in [2.45, 2.75) is 39.4 Å². The number of alkyl halides is 3. The summed E-state index contributed by atoms with van der Waals surface area (Å²) in [6.07, 6.45) is -4.21. The Morgan fingerprint density at radius 3 is 2.14 bits per heavy atom. The molecule has 0 fully saturated rings. The number of urea groups is 1. The van der Waals surface area contributed by atoms with E-state index in [1.54, 1.807) is 6.92 Å². The van der Waals surface area contributed by atoms with E-state index in [1.807, 2.05) is 13.8 Å². The minimum atomic E-state index is -4.48. The van der Waals surface area contributed by atoms with Crippen molar-refractivity contribution in [2.75, 3.05) is 18.4 Å². The van der Waals surface area contributed by atoms with Crippen LogP contribution in [0, 0.1) is 5.92 Å². The molecule has 3 N–H and O–H groups in total. The molecule has 0 aliphatic heterocycles. The minimum absolute atomic E-state index is 0.0313. The molecule has 28 heavy (non-hydrogen) atoms. The number of carbonyl (C=O) groups is 3. The predicted molar refractivity (Wildman–Crippen MR) is 96.7 cm³/mol. The number of halogens is 3. The van der Waals surface area contributed by atoms with Crippen LogP contribution in [0.1, 0.15) is 32.8 Å². The quantitative estimate of drug-likeness (QED) is 0.621. The van der Waals surface area contributed by atoms with Gasteiger partial charge in [-0.3, -0.25) is 9.59 Å². The minimum Gasteiger partial charge on any atom is -0.480 e. The summed E-state index contributed by atoms with van der Waals surface area (Å²) in [5.41, 5.74) is -0.724. The van der Waals surface area contributed by atoms with Gasteiger partial charge in [-0.1, -0.05) is 13.8 Å². The van der Waals surface area contributed by atoms with E-state index in [-0.39, 0.29) is 24.6 Å². The van der Waals surface area contributed by atoms with Crippen molar-refractivity contribution in [1.82, 2.24) is 10.2 Å². The Morgan fingerprint density at radius 2 is 1.71 bits per heavy atom. The van der Waals surface area contributed by atoms with Crippen molar-refractivity contribution in [1.29, 1.82) is 0 Å². The van der Waals surface area contributed by atoms with E-state index in [9.17, 15) is 27.6 Å². The summed E-state index contributed by atoms with van der Waals surface area (Å²) in [4.78, 5) is 36.8. The summed E-state index contributed by atoms with van der Waals surface area (Å²) in [7, 11) is 0. The zero-order valence-corrected chi connectivity index (χ0v) is 15.8. The van der Waals surface area contributed by atoms with Crippen molar-refractivity contribution < 1.29 is 32.7 Å². The second-order valence-electron chi connectivity index (χ2n) is 6.60. The van der Waals surface area contributed by atoms with Crippen molar-refractivity contribution in [3.63, 3.8) is 0 Å². The predicted octanol–water partition coefficient (Wildman–Crippen LogP) is 3.17. The smallest absolute Gasteiger partial charge is 0.416 e. The van der Waals surface area contributed by atoms with Crippen LogP contribution in [-0.4, -0.2) is 47.0 Å². The highest BCUT2D eigenvalue weighted by molar-refractivity contribution is 5.94. The van der Waals surface area contributed by atoms with Crippen LogP contribution in [0.5, 0.6) is 0 Å². The largest absolute Gasteiger partial charge is 0.480 e. The Hall–Kier alpha value is -2.78. The molecule has 0 aliphatic carbocycles. The molecule has 1 rings (SSSR count). The van der Waals surface area contributed by atoms with Crippen LogP contribution in [-0.2, 0) is 15.8 Å². The summed E-state index contributed by atoms with van der Waals surface area (Å²) in [5, 5.41) is 13.8. The van der Waals surface area contributed by atoms with Gasteiger partial charge in [0.1, 0.15) is 12.6 Å². The number of carbonyl (C=O) groups excluding carboxylic acids is 2. The van der Waals surface area contributed by atoms with Crippen LogP contribution < -0.4 is 10.6 Å². The second kappa shape index (κ2) is 9.95. The third kappa shape index (κ3) is 7.45. The normalized spacial score (nSPS) is 12.4. The molecule has 0 saturated heterocycles. The number of likely N-dealkylation sites (N-methyl/N-ethyl adjacent to an activating group) is 1. The molecule has 0 aromatic heterocycles. The first-order chi connectivity index (χ1) is 12.9. The van der Waals surface area contributed by atoms with Gasteiger partial charge in [0, 0.05) is 12.2 Å². The highest BCUT2D eigenvalue weighted by Crippen LogP contribution is 2.29. The van der Waals surface area contributed by atoms with E-state index in [1.165, 1.54) is 0 Å². The number of hydrogen-bond donors (Lipinski definition) is 3. The van der Waals surface area contributed by atoms with Gasteiger partial charge in [0.2, 0.25) is 5.91 Å². The lowest BCUT2D eigenvalue weighted by atomic mass is 10.0. The fraction of sp³-hybridized carbons (Fsp3) is 0.500. The highest BCUT2D eigenvalue weighted by atomic mass is 19.4. The summed E-state index contributed by atoms with van der Waals surface area (Å²) in [5.74, 6) is -1.68. The number of nitrogens with zero attached hydrogens (tertiary/aromatic N) is 1. The SMILES string of the molecule is CCN(CC(=O)O)C(=O)C(CC(C)C)NC(=O)Nc1ccc(C(F)(F)F)cc1. The van der Waals surface area contributed by atoms with E-state index in [0.717, 1.165) is 29.2 Å². The lowest BCUT2D eigenvalue weighted by molar-refractivity contribution is -0.145. The average Bonchev–Trinajstić information content (AvgIpc) is 2.57. The molecular formula is C18H24F3N3O4. The van der Waals surface area contributed by atoms with Crippen molar-refractivity contribution >= 4 is 23.6 Å². The first-order valence-electron chi connectivity index (χ1n) is 8.69. The topological polar surface area (TPSA) is 98.7 Å². The number of hydrogen-bond acceptors (Lipinski definition) is 3. The molecule has 1 unspecified atom stereocenters. The van der Waals surface area contributed by atoms with Crippen LogP contribution in [0.2, 0.25) is 0 Å². The van der Waals surface area contributed by atoms with Crippen molar-refractivity contribution in [3.05, 3.63) is 29.8 Å². The fourth-order valence-corrected chi connectivity index (χ4v) is 2.49. The summed E-state index contributed by atoms with van der Waals surface area (Å²) in [6.45, 7) is 4.95. The summed E-state index contributed by atoms with van der Waals surface area (Å²) < 4.78 is 37.7. The maximum Gasteiger partial charge on any atom is 0.416 e. The molecule has 3 amide bonds. The molecule has 10 heteroatoms. The zero-order valence-electron chi connectivity index (χ0n) is 15.8. The molecule has 0 spiro atoms. The molecule has 1 atom stereocenters. The molecule has 0 saturated carbocycles. The Labute approximate surface area is 160 Å². The number of nitrogens with one attached hydrogen (secondary N) is 2. The van der Waals surface area contributed by atoms with Gasteiger partial charge in [0.05, 0.1) is 5.56 Å². The van der Waals surface area contributed by atoms with Gasteiger partial charge in [0.25, 0.3) is 0 Å². The van der Waals surface area contributed by atoms with Gasteiger partial charge in [0.15, 0.2) is 0 Å². The average molecular weight is 403 g/mol. The monoisotopic (exact) mass is 403 g/mol. The molecule has 156 valence electrons. The van der Waals surface area contributed by atoms with E-state index < -0.39 is 42.2 Å². The van der Waals surface area contributed by atoms with Crippen LogP contribution in [0.4, 0.5) is 23.7 Å². The van der Waals surface area contributed by atoms with Crippen molar-refractivity contribution in [3.8, 4) is 0 Å².